The molecule has 0 aliphatic carbocycles. The van der Waals surface area contributed by atoms with Crippen LogP contribution in [0.4, 0.5) is 0 Å². The summed E-state index contributed by atoms with van der Waals surface area (Å²) >= 11 is 0. The molecule has 4 aromatic rings. The van der Waals surface area contributed by atoms with E-state index in [0.717, 1.165) is 27.4 Å². The van der Waals surface area contributed by atoms with E-state index in [4.69, 9.17) is 5.73 Å². The van der Waals surface area contributed by atoms with Crippen molar-refractivity contribution in [1.82, 2.24) is 31.2 Å². The molecule has 14 heteroatoms. The highest BCUT2D eigenvalue weighted by Gasteiger charge is 2.27. The fraction of sp³-hybridized carbons (Fsp3) is 0.300. The number of aliphatic carboxylic acids is 1. The third-order valence-electron chi connectivity index (χ3n) is 7.17. The highest BCUT2D eigenvalue weighted by molar-refractivity contribution is 5.95. The zero-order valence-electron chi connectivity index (χ0n) is 23.9. The van der Waals surface area contributed by atoms with E-state index in [0.29, 0.717) is 5.56 Å². The fourth-order valence-electron chi connectivity index (χ4n) is 4.77. The van der Waals surface area contributed by atoms with Crippen molar-refractivity contribution in [2.24, 2.45) is 5.73 Å². The molecular formula is C30H35N7O7. The van der Waals surface area contributed by atoms with Crippen molar-refractivity contribution >= 4 is 51.4 Å². The van der Waals surface area contributed by atoms with E-state index in [2.05, 4.69) is 31.2 Å². The maximum absolute atomic E-state index is 12.7. The van der Waals surface area contributed by atoms with Crippen LogP contribution in [-0.4, -0.2) is 87.1 Å². The number of amides is 4. The number of carboxylic acid groups (broad SMARTS) is 1. The highest BCUT2D eigenvalue weighted by Crippen LogP contribution is 2.20. The van der Waals surface area contributed by atoms with Crippen molar-refractivity contribution < 1.29 is 34.2 Å². The van der Waals surface area contributed by atoms with Gasteiger partial charge in [0.2, 0.25) is 23.6 Å². The van der Waals surface area contributed by atoms with Crippen LogP contribution >= 0.6 is 0 Å². The van der Waals surface area contributed by atoms with E-state index in [1.54, 1.807) is 12.4 Å². The molecule has 10 N–H and O–H groups in total. The minimum atomic E-state index is -1.38. The Hall–Kier alpha value is -5.21. The summed E-state index contributed by atoms with van der Waals surface area (Å²) in [6, 6.07) is 10.1. The third-order valence-corrected chi connectivity index (χ3v) is 7.17. The number of aromatic amines is 2. The lowest BCUT2D eigenvalue weighted by molar-refractivity contribution is -0.141. The molecule has 0 aliphatic rings. The maximum atomic E-state index is 12.7. The summed E-state index contributed by atoms with van der Waals surface area (Å²) in [6.07, 6.45) is 3.63. The van der Waals surface area contributed by atoms with E-state index < -0.39 is 66.9 Å². The average molecular weight is 606 g/mol. The first kappa shape index (κ1) is 31.7. The van der Waals surface area contributed by atoms with Gasteiger partial charge in [0.25, 0.3) is 0 Å². The maximum Gasteiger partial charge on any atom is 0.326 e. The van der Waals surface area contributed by atoms with Gasteiger partial charge in [0.05, 0.1) is 19.2 Å². The molecule has 232 valence electrons. The number of nitrogens with one attached hydrogen (secondary N) is 6. The number of carbonyl (C=O) groups excluding carboxylic acids is 4. The lowest BCUT2D eigenvalue weighted by Gasteiger charge is -2.21. The predicted octanol–water partition coefficient (Wildman–Crippen LogP) is -0.571. The average Bonchev–Trinajstić information content (AvgIpc) is 3.61. The minimum absolute atomic E-state index is 0.0190. The fourth-order valence-corrected chi connectivity index (χ4v) is 4.77. The van der Waals surface area contributed by atoms with Gasteiger partial charge < -0.3 is 47.2 Å². The Bertz CT molecular complexity index is 1660. The van der Waals surface area contributed by atoms with Crippen LogP contribution in [0.3, 0.4) is 0 Å². The van der Waals surface area contributed by atoms with Crippen LogP contribution in [-0.2, 0) is 36.8 Å². The monoisotopic (exact) mass is 605 g/mol. The van der Waals surface area contributed by atoms with E-state index in [1.807, 2.05) is 48.5 Å². The summed E-state index contributed by atoms with van der Waals surface area (Å²) in [4.78, 5) is 68.3. The Morgan fingerprint density at radius 1 is 0.773 bits per heavy atom. The van der Waals surface area contributed by atoms with Crippen LogP contribution in [0.5, 0.6) is 0 Å². The molecule has 2 aromatic heterocycles. The zero-order chi connectivity index (χ0) is 31.8. The predicted molar refractivity (Wildman–Crippen MR) is 161 cm³/mol. The van der Waals surface area contributed by atoms with Crippen molar-refractivity contribution in [1.29, 1.82) is 0 Å². The molecule has 0 aliphatic heterocycles. The number of benzene rings is 2. The molecule has 0 saturated heterocycles. The lowest BCUT2D eigenvalue weighted by atomic mass is 10.0. The number of aliphatic hydroxyl groups excluding tert-OH is 1. The number of hydrogen-bond donors (Lipinski definition) is 9. The van der Waals surface area contributed by atoms with Gasteiger partial charge >= 0.3 is 5.97 Å². The Balaban J connectivity index is 1.23. The van der Waals surface area contributed by atoms with Gasteiger partial charge in [0, 0.05) is 40.6 Å². The van der Waals surface area contributed by atoms with Gasteiger partial charge in [-0.1, -0.05) is 36.4 Å². The van der Waals surface area contributed by atoms with E-state index in [9.17, 15) is 34.2 Å². The minimum Gasteiger partial charge on any atom is -0.480 e. The molecule has 4 amide bonds. The first-order valence-corrected chi connectivity index (χ1v) is 13.9. The van der Waals surface area contributed by atoms with Gasteiger partial charge in [-0.2, -0.15) is 0 Å². The van der Waals surface area contributed by atoms with E-state index in [1.165, 1.54) is 6.92 Å². The van der Waals surface area contributed by atoms with E-state index in [-0.39, 0.29) is 12.8 Å². The standard InChI is InChI=1S/C30H35N7O7/c1-16(27(40)34-14-26(39)36-24(30(43)44)11-18-13-33-23-9-5-3-7-20(18)23)35-29(42)25(15-38)37-28(41)21(31)10-17-12-32-22-8-4-2-6-19(17)22/h2-9,12-13,16,21,24-25,32-33,38H,10-11,14-15,31H2,1H3,(H,34,40)(H,35,42)(H,36,39)(H,37,41)(H,43,44)/t16-,21-,24-,25-/m0/s1. The zero-order valence-corrected chi connectivity index (χ0v) is 23.9. The lowest BCUT2D eigenvalue weighted by Crippen LogP contribution is -2.57. The van der Waals surface area contributed by atoms with Gasteiger partial charge in [0.15, 0.2) is 0 Å². The number of carbonyl (C=O) groups is 5. The molecule has 2 aromatic carbocycles. The largest absolute Gasteiger partial charge is 0.480 e. The Labute approximate surface area is 251 Å². The highest BCUT2D eigenvalue weighted by atomic mass is 16.4. The van der Waals surface area contributed by atoms with Crippen LogP contribution in [0.25, 0.3) is 21.8 Å². The van der Waals surface area contributed by atoms with Crippen molar-refractivity contribution in [3.63, 3.8) is 0 Å². The molecule has 4 rings (SSSR count). The summed E-state index contributed by atoms with van der Waals surface area (Å²) in [5, 5.41) is 30.6. The molecule has 0 fully saturated rings. The number of aliphatic hydroxyl groups is 1. The van der Waals surface area contributed by atoms with Crippen LogP contribution < -0.4 is 27.0 Å². The number of nitrogens with two attached hydrogens (primary N) is 1. The molecule has 44 heavy (non-hydrogen) atoms. The molecule has 0 unspecified atom stereocenters. The number of para-hydroxylation sites is 2. The van der Waals surface area contributed by atoms with Gasteiger partial charge in [-0.05, 0) is 36.6 Å². The first-order chi connectivity index (χ1) is 21.1. The molecule has 4 atom stereocenters. The normalized spacial score (nSPS) is 13.9. The Morgan fingerprint density at radius 3 is 1.91 bits per heavy atom. The number of rotatable bonds is 14. The molecule has 0 saturated carbocycles. The quantitative estimate of drug-likeness (QED) is 0.0901. The van der Waals surface area contributed by atoms with Crippen molar-refractivity contribution in [3.8, 4) is 0 Å². The smallest absolute Gasteiger partial charge is 0.326 e. The summed E-state index contributed by atoms with van der Waals surface area (Å²) in [5.41, 5.74) is 9.30. The van der Waals surface area contributed by atoms with Crippen LogP contribution in [0.2, 0.25) is 0 Å². The Morgan fingerprint density at radius 2 is 1.34 bits per heavy atom. The number of fused-ring (bicyclic) bond motifs is 2. The van der Waals surface area contributed by atoms with Gasteiger partial charge in [-0.25, -0.2) is 4.79 Å². The number of H-pyrrole nitrogens is 2. The third kappa shape index (κ3) is 7.79. The summed E-state index contributed by atoms with van der Waals surface area (Å²) in [6.45, 7) is 0.0574. The first-order valence-electron chi connectivity index (χ1n) is 13.9. The molecular weight excluding hydrogens is 570 g/mol. The second-order valence-corrected chi connectivity index (χ2v) is 10.4. The molecule has 0 radical (unpaired) electrons. The molecule has 0 spiro atoms. The van der Waals surface area contributed by atoms with Gasteiger partial charge in [0.1, 0.15) is 18.1 Å². The summed E-state index contributed by atoms with van der Waals surface area (Å²) in [7, 11) is 0. The molecule has 0 bridgehead atoms. The second kappa shape index (κ2) is 14.3. The second-order valence-electron chi connectivity index (χ2n) is 10.4. The molecule has 14 nitrogen and oxygen atoms in total. The van der Waals surface area contributed by atoms with Crippen LogP contribution in [0.15, 0.2) is 60.9 Å². The summed E-state index contributed by atoms with van der Waals surface area (Å²) in [5.74, 6) is -4.23. The van der Waals surface area contributed by atoms with Crippen molar-refractivity contribution in [3.05, 3.63) is 72.1 Å². The van der Waals surface area contributed by atoms with Crippen LogP contribution in [0, 0.1) is 0 Å². The van der Waals surface area contributed by atoms with Gasteiger partial charge in [-0.15, -0.1) is 0 Å². The SMILES string of the molecule is C[C@H](NC(=O)[C@H](CO)NC(=O)[C@@H](N)Cc1c[nH]c2ccccc12)C(=O)NCC(=O)N[C@@H](Cc1c[nH]c2ccccc12)C(=O)O. The number of aromatic nitrogens is 2. The van der Waals surface area contributed by atoms with Gasteiger partial charge in [-0.3, -0.25) is 19.2 Å². The van der Waals surface area contributed by atoms with Crippen molar-refractivity contribution in [2.45, 2.75) is 43.9 Å². The van der Waals surface area contributed by atoms with Crippen molar-refractivity contribution in [2.75, 3.05) is 13.2 Å². The topological polar surface area (TPSA) is 232 Å². The summed E-state index contributed by atoms with van der Waals surface area (Å²) < 4.78 is 0. The Kier molecular flexibility index (Phi) is 10.3. The number of carboxylic acids is 1. The number of hydrogen-bond acceptors (Lipinski definition) is 7. The van der Waals surface area contributed by atoms with Crippen LogP contribution in [0.1, 0.15) is 18.1 Å². The molecule has 2 heterocycles. The van der Waals surface area contributed by atoms with E-state index >= 15 is 0 Å².